The summed E-state index contributed by atoms with van der Waals surface area (Å²) < 4.78 is 9.90. The number of ether oxygens (including phenoxy) is 2. The van der Waals surface area contributed by atoms with Crippen LogP contribution in [0.5, 0.6) is 5.88 Å². The van der Waals surface area contributed by atoms with Gasteiger partial charge in [0.15, 0.2) is 11.7 Å². The lowest BCUT2D eigenvalue weighted by molar-refractivity contribution is 0.111. The lowest BCUT2D eigenvalue weighted by Crippen LogP contribution is -2.13. The van der Waals surface area contributed by atoms with E-state index < -0.39 is 0 Å². The summed E-state index contributed by atoms with van der Waals surface area (Å²) in [7, 11) is 1.54. The summed E-state index contributed by atoms with van der Waals surface area (Å²) in [6.07, 6.45) is 1.90. The Labute approximate surface area is 80.7 Å². The molecule has 1 rings (SSSR count). The number of H-pyrrole nitrogens is 1. The van der Waals surface area contributed by atoms with Gasteiger partial charge in [0, 0.05) is 19.4 Å². The van der Waals surface area contributed by atoms with E-state index >= 15 is 0 Å². The Bertz CT molecular complexity index is 358. The average molecular weight is 197 g/mol. The number of hydrogen-bond donors (Lipinski definition) is 1. The molecule has 1 aromatic rings. The molecule has 0 unspecified atom stereocenters. The maximum atomic E-state index is 11.1. The predicted molar refractivity (Wildman–Crippen MR) is 49.8 cm³/mol. The number of hydrogen-bond acceptors (Lipinski definition) is 4. The van der Waals surface area contributed by atoms with Crippen LogP contribution in [0.1, 0.15) is 10.4 Å². The molecule has 0 saturated heterocycles. The Morgan fingerprint density at radius 3 is 2.93 bits per heavy atom. The van der Waals surface area contributed by atoms with Crippen LogP contribution in [0.3, 0.4) is 0 Å². The van der Waals surface area contributed by atoms with E-state index in [0.717, 1.165) is 0 Å². The molecule has 0 aliphatic rings. The van der Waals surface area contributed by atoms with E-state index in [-0.39, 0.29) is 23.5 Å². The minimum atomic E-state index is -0.355. The third-order valence-electron chi connectivity index (χ3n) is 1.61. The minimum absolute atomic E-state index is 0.00334. The summed E-state index contributed by atoms with van der Waals surface area (Å²) in [6, 6.07) is 1.27. The van der Waals surface area contributed by atoms with Crippen molar-refractivity contribution in [3.63, 3.8) is 0 Å². The van der Waals surface area contributed by atoms with Crippen molar-refractivity contribution < 1.29 is 14.3 Å². The van der Waals surface area contributed by atoms with Crippen LogP contribution in [0.4, 0.5) is 0 Å². The first-order valence-electron chi connectivity index (χ1n) is 4.08. The number of rotatable bonds is 5. The molecule has 0 atom stereocenters. The zero-order valence-electron chi connectivity index (χ0n) is 7.78. The zero-order chi connectivity index (χ0) is 10.4. The monoisotopic (exact) mass is 197 g/mol. The van der Waals surface area contributed by atoms with Crippen LogP contribution in [-0.2, 0) is 4.74 Å². The summed E-state index contributed by atoms with van der Waals surface area (Å²) >= 11 is 0. The molecule has 1 heterocycles. The number of aromatic amines is 1. The van der Waals surface area contributed by atoms with Crippen LogP contribution in [0.25, 0.3) is 0 Å². The lowest BCUT2D eigenvalue weighted by Gasteiger charge is -2.06. The Morgan fingerprint density at radius 2 is 2.29 bits per heavy atom. The van der Waals surface area contributed by atoms with Gasteiger partial charge in [-0.1, -0.05) is 0 Å². The van der Waals surface area contributed by atoms with Gasteiger partial charge in [-0.2, -0.15) is 0 Å². The molecular formula is C9H11NO4. The Kier molecular flexibility index (Phi) is 3.87. The van der Waals surface area contributed by atoms with E-state index in [9.17, 15) is 9.59 Å². The highest BCUT2D eigenvalue weighted by Gasteiger charge is 2.06. The quantitative estimate of drug-likeness (QED) is 0.541. The first kappa shape index (κ1) is 10.5. The highest BCUT2D eigenvalue weighted by Crippen LogP contribution is 2.06. The molecule has 0 radical (unpaired) electrons. The number of methoxy groups -OCH3 is 1. The van der Waals surface area contributed by atoms with Crippen molar-refractivity contribution in [2.45, 2.75) is 0 Å². The summed E-state index contributed by atoms with van der Waals surface area (Å²) in [5.74, 6) is 0.185. The second-order valence-corrected chi connectivity index (χ2v) is 2.54. The average Bonchev–Trinajstić information content (AvgIpc) is 2.18. The van der Waals surface area contributed by atoms with Crippen LogP contribution < -0.4 is 10.2 Å². The topological polar surface area (TPSA) is 68.4 Å². The molecular weight excluding hydrogens is 186 g/mol. The molecule has 0 fully saturated rings. The number of aromatic nitrogens is 1. The number of carbonyl (C=O) groups is 1. The number of pyridine rings is 1. The summed E-state index contributed by atoms with van der Waals surface area (Å²) in [6.45, 7) is 0.687. The molecule has 0 aliphatic heterocycles. The van der Waals surface area contributed by atoms with E-state index in [2.05, 4.69) is 4.98 Å². The Hall–Kier alpha value is -1.62. The first-order valence-corrected chi connectivity index (χ1v) is 4.08. The minimum Gasteiger partial charge on any atom is -0.476 e. The van der Waals surface area contributed by atoms with E-state index in [1.165, 1.54) is 19.4 Å². The third kappa shape index (κ3) is 2.43. The second-order valence-electron chi connectivity index (χ2n) is 2.54. The smallest absolute Gasteiger partial charge is 0.205 e. The van der Waals surface area contributed by atoms with E-state index in [1.807, 2.05) is 0 Å². The Morgan fingerprint density at radius 1 is 1.50 bits per heavy atom. The SMILES string of the molecule is COCCOc1[nH]ccc(=O)c1C=O. The highest BCUT2D eigenvalue weighted by molar-refractivity contribution is 5.77. The van der Waals surface area contributed by atoms with Gasteiger partial charge in [0.2, 0.25) is 5.88 Å². The fourth-order valence-corrected chi connectivity index (χ4v) is 0.931. The molecule has 5 nitrogen and oxygen atoms in total. The normalized spacial score (nSPS) is 9.79. The second kappa shape index (κ2) is 5.18. The standard InChI is InChI=1S/C9H11NO4/c1-13-4-5-14-9-7(6-11)8(12)2-3-10-9/h2-3,6H,4-5H2,1H3,(H,10,12). The summed E-state index contributed by atoms with van der Waals surface area (Å²) in [5, 5.41) is 0. The maximum absolute atomic E-state index is 11.1. The van der Waals surface area contributed by atoms with Crippen molar-refractivity contribution in [2.75, 3.05) is 20.3 Å². The van der Waals surface area contributed by atoms with Crippen LogP contribution in [-0.4, -0.2) is 31.6 Å². The van der Waals surface area contributed by atoms with Gasteiger partial charge in [-0.05, 0) is 0 Å². The van der Waals surface area contributed by atoms with Gasteiger partial charge >= 0.3 is 0 Å². The van der Waals surface area contributed by atoms with Gasteiger partial charge in [0.1, 0.15) is 12.2 Å². The third-order valence-corrected chi connectivity index (χ3v) is 1.61. The predicted octanol–water partition coefficient (Wildman–Crippen LogP) is 0.213. The van der Waals surface area contributed by atoms with Crippen molar-refractivity contribution in [1.29, 1.82) is 0 Å². The molecule has 5 heteroatoms. The zero-order valence-corrected chi connectivity index (χ0v) is 7.78. The van der Waals surface area contributed by atoms with Gasteiger partial charge in [-0.15, -0.1) is 0 Å². The molecule has 1 aromatic heterocycles. The van der Waals surface area contributed by atoms with Crippen molar-refractivity contribution in [2.24, 2.45) is 0 Å². The van der Waals surface area contributed by atoms with Gasteiger partial charge in [0.05, 0.1) is 6.61 Å². The van der Waals surface area contributed by atoms with Crippen molar-refractivity contribution >= 4 is 6.29 Å². The van der Waals surface area contributed by atoms with Gasteiger partial charge < -0.3 is 14.5 Å². The van der Waals surface area contributed by atoms with Crippen LogP contribution in [0.15, 0.2) is 17.1 Å². The summed E-state index contributed by atoms with van der Waals surface area (Å²) in [5.41, 5.74) is -0.352. The van der Waals surface area contributed by atoms with Crippen molar-refractivity contribution in [1.82, 2.24) is 4.98 Å². The van der Waals surface area contributed by atoms with Gasteiger partial charge in [-0.3, -0.25) is 9.59 Å². The van der Waals surface area contributed by atoms with Crippen LogP contribution in [0.2, 0.25) is 0 Å². The van der Waals surface area contributed by atoms with E-state index in [4.69, 9.17) is 9.47 Å². The number of aldehydes is 1. The fraction of sp³-hybridized carbons (Fsp3) is 0.333. The van der Waals surface area contributed by atoms with E-state index in [0.29, 0.717) is 12.9 Å². The van der Waals surface area contributed by atoms with Crippen LogP contribution in [0, 0.1) is 0 Å². The number of carbonyl (C=O) groups excluding carboxylic acids is 1. The summed E-state index contributed by atoms with van der Waals surface area (Å²) in [4.78, 5) is 24.4. The van der Waals surface area contributed by atoms with Crippen LogP contribution >= 0.6 is 0 Å². The molecule has 0 saturated carbocycles. The molecule has 0 aliphatic carbocycles. The Balaban J connectivity index is 2.80. The molecule has 76 valence electrons. The fourth-order valence-electron chi connectivity index (χ4n) is 0.931. The van der Waals surface area contributed by atoms with Gasteiger partial charge in [0.25, 0.3) is 0 Å². The van der Waals surface area contributed by atoms with E-state index in [1.54, 1.807) is 0 Å². The highest BCUT2D eigenvalue weighted by atomic mass is 16.5. The molecule has 0 aromatic carbocycles. The first-order chi connectivity index (χ1) is 6.79. The molecule has 14 heavy (non-hydrogen) atoms. The molecule has 0 bridgehead atoms. The maximum Gasteiger partial charge on any atom is 0.205 e. The lowest BCUT2D eigenvalue weighted by atomic mass is 10.3. The molecule has 0 amide bonds. The van der Waals surface area contributed by atoms with Crippen molar-refractivity contribution in [3.8, 4) is 5.88 Å². The largest absolute Gasteiger partial charge is 0.476 e. The molecule has 1 N–H and O–H groups in total. The molecule has 0 spiro atoms. The number of nitrogens with one attached hydrogen (secondary N) is 1. The van der Waals surface area contributed by atoms with Gasteiger partial charge in [-0.25, -0.2) is 0 Å². The van der Waals surface area contributed by atoms with Crippen molar-refractivity contribution in [3.05, 3.63) is 28.0 Å².